The van der Waals surface area contributed by atoms with Gasteiger partial charge in [-0.3, -0.25) is 4.90 Å². The predicted octanol–water partition coefficient (Wildman–Crippen LogP) is 1.99. The molecule has 1 aliphatic heterocycles. The van der Waals surface area contributed by atoms with Crippen molar-refractivity contribution >= 4 is 17.5 Å². The smallest absolute Gasteiger partial charge is 0.225 e. The van der Waals surface area contributed by atoms with E-state index in [1.165, 1.54) is 0 Å². The van der Waals surface area contributed by atoms with Gasteiger partial charge in [-0.2, -0.15) is 0 Å². The molecule has 1 N–H and O–H groups in total. The Morgan fingerprint density at radius 1 is 1.05 bits per heavy atom. The molecule has 6 heteroatoms. The molecule has 1 atom stereocenters. The first kappa shape index (κ1) is 15.2. The standard InChI is InChI=1S/C16H19ClN4O/c17-14-4-2-13(3-5-14)15(22)12-20-8-10-21(11-9-20)16-18-6-1-7-19-16/h1-7,15,22H,8-12H2. The van der Waals surface area contributed by atoms with Crippen LogP contribution < -0.4 is 4.90 Å². The van der Waals surface area contributed by atoms with Gasteiger partial charge in [0.15, 0.2) is 0 Å². The average molecular weight is 319 g/mol. The number of hydrogen-bond donors (Lipinski definition) is 1. The van der Waals surface area contributed by atoms with E-state index in [2.05, 4.69) is 19.8 Å². The zero-order valence-corrected chi connectivity index (χ0v) is 13.0. The summed E-state index contributed by atoms with van der Waals surface area (Å²) in [6, 6.07) is 9.19. The maximum atomic E-state index is 10.3. The molecule has 0 amide bonds. The first-order valence-corrected chi connectivity index (χ1v) is 7.78. The number of aliphatic hydroxyl groups is 1. The number of benzene rings is 1. The van der Waals surface area contributed by atoms with Crippen LogP contribution in [0.1, 0.15) is 11.7 Å². The van der Waals surface area contributed by atoms with Gasteiger partial charge in [0.25, 0.3) is 0 Å². The third-order valence-corrected chi connectivity index (χ3v) is 4.15. The number of piperazine rings is 1. The largest absolute Gasteiger partial charge is 0.387 e. The van der Waals surface area contributed by atoms with Crippen LogP contribution in [0.5, 0.6) is 0 Å². The van der Waals surface area contributed by atoms with Crippen LogP contribution >= 0.6 is 11.6 Å². The second-order valence-electron chi connectivity index (χ2n) is 5.40. The van der Waals surface area contributed by atoms with Crippen LogP contribution in [-0.2, 0) is 0 Å². The Morgan fingerprint density at radius 3 is 2.32 bits per heavy atom. The lowest BCUT2D eigenvalue weighted by molar-refractivity contribution is 0.109. The Kier molecular flexibility index (Phi) is 4.87. The highest BCUT2D eigenvalue weighted by Gasteiger charge is 2.21. The highest BCUT2D eigenvalue weighted by atomic mass is 35.5. The summed E-state index contributed by atoms with van der Waals surface area (Å²) < 4.78 is 0. The Labute approximate surface area is 135 Å². The van der Waals surface area contributed by atoms with Crippen LogP contribution in [-0.4, -0.2) is 52.7 Å². The van der Waals surface area contributed by atoms with E-state index in [1.54, 1.807) is 12.4 Å². The summed E-state index contributed by atoms with van der Waals surface area (Å²) in [7, 11) is 0. The van der Waals surface area contributed by atoms with Gasteiger partial charge in [-0.1, -0.05) is 23.7 Å². The van der Waals surface area contributed by atoms with Crippen molar-refractivity contribution in [3.63, 3.8) is 0 Å². The normalized spacial score (nSPS) is 17.5. The van der Waals surface area contributed by atoms with Crippen molar-refractivity contribution in [3.8, 4) is 0 Å². The molecule has 0 saturated carbocycles. The number of hydrogen-bond acceptors (Lipinski definition) is 5. The number of aliphatic hydroxyl groups excluding tert-OH is 1. The number of halogens is 1. The van der Waals surface area contributed by atoms with E-state index in [1.807, 2.05) is 30.3 Å². The second kappa shape index (κ2) is 7.05. The van der Waals surface area contributed by atoms with Crippen molar-refractivity contribution in [1.29, 1.82) is 0 Å². The van der Waals surface area contributed by atoms with Crippen LogP contribution in [0.3, 0.4) is 0 Å². The Balaban J connectivity index is 1.52. The van der Waals surface area contributed by atoms with Crippen molar-refractivity contribution in [2.45, 2.75) is 6.10 Å². The molecule has 1 aromatic carbocycles. The summed E-state index contributed by atoms with van der Waals surface area (Å²) in [6.07, 6.45) is 3.04. The van der Waals surface area contributed by atoms with Gasteiger partial charge in [0.05, 0.1) is 6.10 Å². The molecule has 2 aromatic rings. The summed E-state index contributed by atoms with van der Waals surface area (Å²) in [5.74, 6) is 0.778. The van der Waals surface area contributed by atoms with E-state index < -0.39 is 6.10 Å². The third kappa shape index (κ3) is 3.74. The topological polar surface area (TPSA) is 52.5 Å². The zero-order valence-electron chi connectivity index (χ0n) is 12.3. The van der Waals surface area contributed by atoms with Crippen LogP contribution in [0.15, 0.2) is 42.7 Å². The van der Waals surface area contributed by atoms with E-state index in [4.69, 9.17) is 11.6 Å². The minimum atomic E-state index is -0.489. The molecule has 5 nitrogen and oxygen atoms in total. The molecule has 0 bridgehead atoms. The summed E-state index contributed by atoms with van der Waals surface area (Å²) >= 11 is 5.87. The van der Waals surface area contributed by atoms with Gasteiger partial charge in [-0.05, 0) is 23.8 Å². The quantitative estimate of drug-likeness (QED) is 0.934. The number of rotatable bonds is 4. The van der Waals surface area contributed by atoms with Crippen molar-refractivity contribution in [1.82, 2.24) is 14.9 Å². The summed E-state index contributed by atoms with van der Waals surface area (Å²) in [4.78, 5) is 13.0. The predicted molar refractivity (Wildman–Crippen MR) is 87.1 cm³/mol. The van der Waals surface area contributed by atoms with Crippen LogP contribution in [0.4, 0.5) is 5.95 Å². The highest BCUT2D eigenvalue weighted by molar-refractivity contribution is 6.30. The van der Waals surface area contributed by atoms with Crippen molar-refractivity contribution < 1.29 is 5.11 Å². The molecule has 0 radical (unpaired) electrons. The van der Waals surface area contributed by atoms with E-state index >= 15 is 0 Å². The Morgan fingerprint density at radius 2 is 1.68 bits per heavy atom. The summed E-state index contributed by atoms with van der Waals surface area (Å²) in [6.45, 7) is 4.16. The third-order valence-electron chi connectivity index (χ3n) is 3.89. The molecular weight excluding hydrogens is 300 g/mol. The van der Waals surface area contributed by atoms with Crippen molar-refractivity contribution in [2.24, 2.45) is 0 Å². The van der Waals surface area contributed by atoms with E-state index in [-0.39, 0.29) is 0 Å². The molecule has 1 fully saturated rings. The molecule has 3 rings (SSSR count). The SMILES string of the molecule is OC(CN1CCN(c2ncccn2)CC1)c1ccc(Cl)cc1. The van der Waals surface area contributed by atoms with Gasteiger partial charge < -0.3 is 10.0 Å². The lowest BCUT2D eigenvalue weighted by Gasteiger charge is -2.35. The molecule has 1 aliphatic rings. The average Bonchev–Trinajstić information content (AvgIpc) is 2.57. The first-order valence-electron chi connectivity index (χ1n) is 7.40. The van der Waals surface area contributed by atoms with E-state index in [9.17, 15) is 5.11 Å². The van der Waals surface area contributed by atoms with Crippen LogP contribution in [0, 0.1) is 0 Å². The zero-order chi connectivity index (χ0) is 15.4. The monoisotopic (exact) mass is 318 g/mol. The number of nitrogens with zero attached hydrogens (tertiary/aromatic N) is 4. The lowest BCUT2D eigenvalue weighted by Crippen LogP contribution is -2.48. The van der Waals surface area contributed by atoms with Gasteiger partial charge in [0.2, 0.25) is 5.95 Å². The molecule has 0 spiro atoms. The molecule has 1 saturated heterocycles. The first-order chi connectivity index (χ1) is 10.7. The molecule has 1 aromatic heterocycles. The number of aromatic nitrogens is 2. The van der Waals surface area contributed by atoms with E-state index in [0.717, 1.165) is 37.7 Å². The second-order valence-corrected chi connectivity index (χ2v) is 5.84. The molecule has 1 unspecified atom stereocenters. The number of β-amino-alcohol motifs (C(OH)–C–C–N with tert-alkyl or cyclic N) is 1. The van der Waals surface area contributed by atoms with Gasteiger partial charge >= 0.3 is 0 Å². The summed E-state index contributed by atoms with van der Waals surface area (Å²) in [5, 5.41) is 11.0. The molecular formula is C16H19ClN4O. The van der Waals surface area contributed by atoms with Gasteiger partial charge in [0.1, 0.15) is 0 Å². The van der Waals surface area contributed by atoms with Crippen molar-refractivity contribution in [3.05, 3.63) is 53.3 Å². The fraction of sp³-hybridized carbons (Fsp3) is 0.375. The fourth-order valence-electron chi connectivity index (χ4n) is 2.62. The van der Waals surface area contributed by atoms with Crippen molar-refractivity contribution in [2.75, 3.05) is 37.6 Å². The van der Waals surface area contributed by atoms with Gasteiger partial charge in [0, 0.05) is 50.1 Å². The summed E-state index contributed by atoms with van der Waals surface area (Å²) in [5.41, 5.74) is 0.901. The maximum absolute atomic E-state index is 10.3. The molecule has 116 valence electrons. The van der Waals surface area contributed by atoms with Gasteiger partial charge in [-0.15, -0.1) is 0 Å². The van der Waals surface area contributed by atoms with Crippen LogP contribution in [0.25, 0.3) is 0 Å². The minimum absolute atomic E-state index is 0.489. The van der Waals surface area contributed by atoms with Crippen LogP contribution in [0.2, 0.25) is 5.02 Å². The molecule has 2 heterocycles. The van der Waals surface area contributed by atoms with Gasteiger partial charge in [-0.25, -0.2) is 9.97 Å². The Bertz CT molecular complexity index is 585. The fourth-order valence-corrected chi connectivity index (χ4v) is 2.75. The minimum Gasteiger partial charge on any atom is -0.387 e. The van der Waals surface area contributed by atoms with E-state index in [0.29, 0.717) is 11.6 Å². The maximum Gasteiger partial charge on any atom is 0.225 e. The lowest BCUT2D eigenvalue weighted by atomic mass is 10.1. The number of anilines is 1. The molecule has 22 heavy (non-hydrogen) atoms. The molecule has 0 aliphatic carbocycles. The Hall–Kier alpha value is -1.69. The highest BCUT2D eigenvalue weighted by Crippen LogP contribution is 2.18.